The Morgan fingerprint density at radius 1 is 1.40 bits per heavy atom. The molecule has 1 aromatic carbocycles. The first-order valence-corrected chi connectivity index (χ1v) is 4.58. The number of aliphatic imine (C=N–C) groups is 1. The van der Waals surface area contributed by atoms with E-state index in [-0.39, 0.29) is 5.96 Å². The van der Waals surface area contributed by atoms with Gasteiger partial charge < -0.3 is 5.73 Å². The van der Waals surface area contributed by atoms with Gasteiger partial charge in [-0.15, -0.1) is 0 Å². The van der Waals surface area contributed by atoms with E-state index < -0.39 is 0 Å². The fraction of sp³-hybridized carbons (Fsp3) is 0.200. The van der Waals surface area contributed by atoms with Gasteiger partial charge >= 0.3 is 0 Å². The van der Waals surface area contributed by atoms with Gasteiger partial charge in [0.1, 0.15) is 0 Å². The molecule has 0 radical (unpaired) electrons. The molecule has 5 nitrogen and oxygen atoms in total. The fourth-order valence-corrected chi connectivity index (χ4v) is 0.941. The highest BCUT2D eigenvalue weighted by Gasteiger charge is 1.91. The number of guanidine groups is 1. The van der Waals surface area contributed by atoms with E-state index in [1.165, 1.54) is 0 Å². The van der Waals surface area contributed by atoms with Crippen LogP contribution in [0.25, 0.3) is 0 Å². The van der Waals surface area contributed by atoms with Crippen molar-refractivity contribution in [1.29, 1.82) is 5.26 Å². The third kappa shape index (κ3) is 4.64. The summed E-state index contributed by atoms with van der Waals surface area (Å²) in [6, 6.07) is 11.4. The van der Waals surface area contributed by atoms with E-state index in [2.05, 4.69) is 15.8 Å². The van der Waals surface area contributed by atoms with Crippen molar-refractivity contribution < 1.29 is 0 Å². The van der Waals surface area contributed by atoms with Crippen LogP contribution in [0.4, 0.5) is 5.69 Å². The van der Waals surface area contributed by atoms with E-state index in [0.29, 0.717) is 13.0 Å². The first kappa shape index (κ1) is 11.0. The molecule has 4 N–H and O–H groups in total. The molecule has 0 aliphatic heterocycles. The summed E-state index contributed by atoms with van der Waals surface area (Å²) in [6.45, 7) is 0.529. The molecular formula is C10H13N5. The van der Waals surface area contributed by atoms with Gasteiger partial charge in [0.2, 0.25) is 5.96 Å². The van der Waals surface area contributed by atoms with Crippen LogP contribution in [0.5, 0.6) is 0 Å². The molecule has 1 rings (SSSR count). The van der Waals surface area contributed by atoms with Crippen LogP contribution in [0, 0.1) is 11.3 Å². The molecule has 0 heterocycles. The number of rotatable bonds is 4. The Balaban J connectivity index is 2.37. The van der Waals surface area contributed by atoms with Gasteiger partial charge in [-0.3, -0.25) is 5.43 Å². The topological polar surface area (TPSA) is 86.2 Å². The largest absolute Gasteiger partial charge is 0.369 e. The Morgan fingerprint density at radius 3 is 2.80 bits per heavy atom. The molecule has 0 bridgehead atoms. The minimum Gasteiger partial charge on any atom is -0.369 e. The van der Waals surface area contributed by atoms with E-state index in [4.69, 9.17) is 11.0 Å². The van der Waals surface area contributed by atoms with Crippen molar-refractivity contribution in [1.82, 2.24) is 10.9 Å². The number of hydrogen-bond acceptors (Lipinski definition) is 3. The lowest BCUT2D eigenvalue weighted by molar-refractivity contribution is 0.657. The molecule has 1 aromatic rings. The molecule has 15 heavy (non-hydrogen) atoms. The minimum absolute atomic E-state index is 0.277. The molecule has 0 aromatic heterocycles. The molecule has 0 aliphatic carbocycles. The first-order valence-electron chi connectivity index (χ1n) is 4.58. The molecule has 0 unspecified atom stereocenters. The smallest absolute Gasteiger partial charge is 0.208 e. The zero-order chi connectivity index (χ0) is 10.9. The van der Waals surface area contributed by atoms with Crippen molar-refractivity contribution in [3.05, 3.63) is 30.3 Å². The molecule has 0 saturated heterocycles. The number of para-hydroxylation sites is 1. The predicted molar refractivity (Wildman–Crippen MR) is 59.1 cm³/mol. The lowest BCUT2D eigenvalue weighted by atomic mass is 10.3. The van der Waals surface area contributed by atoms with E-state index in [1.54, 1.807) is 0 Å². The standard InChI is InChI=1S/C10H13N5/c11-7-4-8-13-15-10(12)14-9-5-2-1-3-6-9/h1-3,5-6,13H,4,8H2,(H3,12,14,15). The monoisotopic (exact) mass is 203 g/mol. The SMILES string of the molecule is N#CCCNNC(N)=Nc1ccccc1. The molecule has 0 saturated carbocycles. The van der Waals surface area contributed by atoms with E-state index in [1.807, 2.05) is 36.4 Å². The predicted octanol–water partition coefficient (Wildman–Crippen LogP) is 0.641. The van der Waals surface area contributed by atoms with E-state index in [0.717, 1.165) is 5.69 Å². The molecule has 0 atom stereocenters. The first-order chi connectivity index (χ1) is 7.33. The van der Waals surface area contributed by atoms with Crippen molar-refractivity contribution in [2.24, 2.45) is 10.7 Å². The molecule has 78 valence electrons. The number of nitriles is 1. The number of benzene rings is 1. The van der Waals surface area contributed by atoms with Crippen molar-refractivity contribution >= 4 is 11.6 Å². The quantitative estimate of drug-likeness (QED) is 0.290. The summed E-state index contributed by atoms with van der Waals surface area (Å²) in [5, 5.41) is 8.29. The maximum Gasteiger partial charge on any atom is 0.208 e. The fourth-order valence-electron chi connectivity index (χ4n) is 0.941. The van der Waals surface area contributed by atoms with Crippen LogP contribution in [0.3, 0.4) is 0 Å². The van der Waals surface area contributed by atoms with Crippen LogP contribution in [0.15, 0.2) is 35.3 Å². The van der Waals surface area contributed by atoms with Crippen molar-refractivity contribution in [2.75, 3.05) is 6.54 Å². The maximum atomic E-state index is 8.29. The van der Waals surface area contributed by atoms with Crippen LogP contribution in [-0.4, -0.2) is 12.5 Å². The highest BCUT2D eigenvalue weighted by Crippen LogP contribution is 2.08. The molecule has 0 fully saturated rings. The normalized spacial score (nSPS) is 10.7. The molecular weight excluding hydrogens is 190 g/mol. The van der Waals surface area contributed by atoms with Crippen LogP contribution in [0.2, 0.25) is 0 Å². The average Bonchev–Trinajstić information content (AvgIpc) is 2.26. The van der Waals surface area contributed by atoms with Gasteiger partial charge in [-0.25, -0.2) is 10.4 Å². The number of nitrogens with one attached hydrogen (secondary N) is 2. The lowest BCUT2D eigenvalue weighted by Gasteiger charge is -2.04. The maximum absolute atomic E-state index is 8.29. The summed E-state index contributed by atoms with van der Waals surface area (Å²) in [4.78, 5) is 4.09. The second-order valence-corrected chi connectivity index (χ2v) is 2.79. The molecule has 5 heteroatoms. The van der Waals surface area contributed by atoms with Gasteiger partial charge in [0.25, 0.3) is 0 Å². The minimum atomic E-state index is 0.277. The average molecular weight is 203 g/mol. The van der Waals surface area contributed by atoms with Gasteiger partial charge in [-0.2, -0.15) is 5.26 Å². The van der Waals surface area contributed by atoms with Crippen LogP contribution in [0.1, 0.15) is 6.42 Å². The van der Waals surface area contributed by atoms with Gasteiger partial charge in [-0.05, 0) is 12.1 Å². The zero-order valence-electron chi connectivity index (χ0n) is 8.27. The summed E-state index contributed by atoms with van der Waals surface area (Å²) < 4.78 is 0. The second-order valence-electron chi connectivity index (χ2n) is 2.79. The van der Waals surface area contributed by atoms with Crippen LogP contribution >= 0.6 is 0 Å². The number of hydrogen-bond donors (Lipinski definition) is 3. The number of hydrazine groups is 1. The molecule has 0 spiro atoms. The lowest BCUT2D eigenvalue weighted by Crippen LogP contribution is -2.42. The third-order valence-electron chi connectivity index (χ3n) is 1.58. The second kappa shape index (κ2) is 6.40. The Morgan fingerprint density at radius 2 is 2.13 bits per heavy atom. The summed E-state index contributed by atoms with van der Waals surface area (Å²) in [6.07, 6.45) is 0.422. The van der Waals surface area contributed by atoms with Gasteiger partial charge in [-0.1, -0.05) is 18.2 Å². The number of nitrogens with zero attached hydrogens (tertiary/aromatic N) is 2. The van der Waals surface area contributed by atoms with Crippen molar-refractivity contribution in [3.63, 3.8) is 0 Å². The summed E-state index contributed by atoms with van der Waals surface area (Å²) in [5.74, 6) is 0.277. The molecule has 0 amide bonds. The van der Waals surface area contributed by atoms with Crippen LogP contribution < -0.4 is 16.6 Å². The zero-order valence-corrected chi connectivity index (χ0v) is 8.27. The summed E-state index contributed by atoms with van der Waals surface area (Å²) in [5.41, 5.74) is 11.8. The Hall–Kier alpha value is -2.06. The molecule has 0 aliphatic rings. The van der Waals surface area contributed by atoms with E-state index in [9.17, 15) is 0 Å². The van der Waals surface area contributed by atoms with Gasteiger partial charge in [0.15, 0.2) is 0 Å². The van der Waals surface area contributed by atoms with E-state index >= 15 is 0 Å². The third-order valence-corrected chi connectivity index (χ3v) is 1.58. The highest BCUT2D eigenvalue weighted by atomic mass is 15.4. The highest BCUT2D eigenvalue weighted by molar-refractivity contribution is 5.80. The summed E-state index contributed by atoms with van der Waals surface area (Å²) >= 11 is 0. The Kier molecular flexibility index (Phi) is 4.70. The van der Waals surface area contributed by atoms with Gasteiger partial charge in [0.05, 0.1) is 11.8 Å². The van der Waals surface area contributed by atoms with Crippen molar-refractivity contribution in [3.8, 4) is 6.07 Å². The van der Waals surface area contributed by atoms with Gasteiger partial charge in [0, 0.05) is 13.0 Å². The Labute approximate surface area is 88.6 Å². The summed E-state index contributed by atoms with van der Waals surface area (Å²) in [7, 11) is 0. The Bertz CT molecular complexity index is 352. The number of nitrogens with two attached hydrogens (primary N) is 1. The van der Waals surface area contributed by atoms with Crippen LogP contribution in [-0.2, 0) is 0 Å². The van der Waals surface area contributed by atoms with Crippen molar-refractivity contribution in [2.45, 2.75) is 6.42 Å².